The molecule has 59 heteroatoms. The Kier molecular flexibility index (Phi) is 85.2. The van der Waals surface area contributed by atoms with Gasteiger partial charge >= 0.3 is 290 Å². The molecule has 15 N–H and O–H groups in total. The van der Waals surface area contributed by atoms with Gasteiger partial charge in [0.25, 0.3) is 0 Å². The molecule has 9 aromatic carbocycles. The average Bonchev–Trinajstić information content (AvgIpc) is 0.832. The van der Waals surface area contributed by atoms with Crippen LogP contribution >= 0.6 is 53.9 Å². The number of nitrogens with one attached hydrogen (secondary N) is 10. The minimum atomic E-state index is -1.27. The Morgan fingerprint density at radius 2 is 0.514 bits per heavy atom. The van der Waals surface area contributed by atoms with Crippen molar-refractivity contribution in [2.75, 3.05) is 67.7 Å². The van der Waals surface area contributed by atoms with E-state index in [9.17, 15) is 64.2 Å². The number of carbonyl (C=O) groups excluding carboxylic acids is 12. The zero-order chi connectivity index (χ0) is 96.2. The van der Waals surface area contributed by atoms with Crippen LogP contribution in [0.1, 0.15) is 79.4 Å². The maximum absolute atomic E-state index is 10.9. The number of aryl methyl sites for hydroxylation is 2. The van der Waals surface area contributed by atoms with Crippen molar-refractivity contribution in [2.45, 2.75) is 20.0 Å². The smallest absolute Gasteiger partial charge is 0.545 e. The van der Waals surface area contributed by atoms with Crippen molar-refractivity contribution < 1.29 is 354 Å². The fourth-order valence-electron chi connectivity index (χ4n) is 9.11. The summed E-state index contributed by atoms with van der Waals surface area (Å²) in [4.78, 5) is 182. The van der Waals surface area contributed by atoms with Gasteiger partial charge in [0.2, 0.25) is 69.4 Å². The number of benzene rings is 9. The summed E-state index contributed by atoms with van der Waals surface area (Å²) in [5.74, 6) is -3.53. The van der Waals surface area contributed by atoms with E-state index < -0.39 is 35.8 Å². The average molecular weight is 2110 g/mol. The zero-order valence-electron chi connectivity index (χ0n) is 78.2. The van der Waals surface area contributed by atoms with Crippen molar-refractivity contribution in [2.24, 2.45) is 0 Å². The summed E-state index contributed by atoms with van der Waals surface area (Å²) in [5.41, 5.74) is 11.7. The van der Waals surface area contributed by atoms with E-state index in [1.54, 1.807) is 142 Å². The largest absolute Gasteiger partial charge is 1.00 e. The third kappa shape index (κ3) is 59.8. The summed E-state index contributed by atoms with van der Waals surface area (Å²) in [6.45, 7) is 3.52. The topological polar surface area (TPSA) is 726 Å². The third-order valence-electron chi connectivity index (χ3n) is 14.8. The molecule has 14 aromatic rings. The van der Waals surface area contributed by atoms with Crippen LogP contribution in [0.4, 0.5) is 99.0 Å². The first-order valence-corrected chi connectivity index (χ1v) is 38.1. The normalized spacial score (nSPS) is 8.73. The van der Waals surface area contributed by atoms with Gasteiger partial charge in [-0.25, -0.2) is 9.78 Å². The maximum Gasteiger partial charge on any atom is 1.00 e. The zero-order valence-corrected chi connectivity index (χ0v) is 101. The fourth-order valence-corrected chi connectivity index (χ4v) is 9.99. The van der Waals surface area contributed by atoms with E-state index in [1.165, 1.54) is 72.8 Å². The van der Waals surface area contributed by atoms with Gasteiger partial charge in [0.05, 0.1) is 35.8 Å². The molecule has 0 saturated heterocycles. The van der Waals surface area contributed by atoms with Gasteiger partial charge in [0.1, 0.15) is 11.6 Å². The first-order valence-electron chi connectivity index (χ1n) is 36.1. The quantitative estimate of drug-likeness (QED) is 0.0122. The minimum absolute atomic E-state index is 0. The van der Waals surface area contributed by atoms with Crippen molar-refractivity contribution in [1.82, 2.24) is 80.9 Å². The standard InChI is InChI=1S/2C23H17N6O4.C11H12N5.C8H9O2P.C7H7NO2.C5H8N4O.C3Cl3N3.3CO2.H3N.9Na.H3P/c2*30-19(31)14-6-10-17(11-7-14)25-22-27-21(24-16-4-2-1-3-5-16)28-23(29-22)26-18-12-8-15(9-13-18)20(32)33;1-8-13-10(12-2)16-11(14-8)15-9-6-4-3-5-7-9;9-8(10)7-3-1-6(5-11)2-4-7;8-6-3-1-5(2-4-6)7(9)10;1-3-7-4(6-2)9-5(10)8-3;4-1-7-2(5)9-3(6)8-1;3*2-1-3;;;;;;;;;;;/h2*2-13H,(H,30,31)(H,32,33)(H3,24,25,26,27,28,29);4-7H,1-2H3,(H2,12,13,14,15,16);1-4H,5,11H2,(H,9,10);1-4H,8H2,(H,9,10);1-2H3,(H2,6,7,8,9,10);;;;;1H3;;;;;;;;;;1H3/q3*-1;;;;;;;;;9*+1;/p-6. The first-order chi connectivity index (χ1) is 62.8. The Morgan fingerprint density at radius 1 is 0.324 bits per heavy atom. The molecule has 686 valence electrons. The van der Waals surface area contributed by atoms with E-state index >= 15 is 0 Å². The Labute approximate surface area is 1030 Å². The van der Waals surface area contributed by atoms with Gasteiger partial charge in [-0.05, 0) is 154 Å². The Morgan fingerprint density at radius 3 is 0.725 bits per heavy atom. The van der Waals surface area contributed by atoms with Gasteiger partial charge in [0.15, 0.2) is 0 Å². The van der Waals surface area contributed by atoms with Gasteiger partial charge in [0, 0.05) is 42.5 Å². The van der Waals surface area contributed by atoms with E-state index in [-0.39, 0.29) is 391 Å². The second-order valence-corrected chi connectivity index (χ2v) is 25.3. The van der Waals surface area contributed by atoms with E-state index in [0.717, 1.165) is 28.8 Å². The predicted octanol–water partition coefficient (Wildman–Crippen LogP) is -22.1. The Balaban J connectivity index is -0.000000308. The van der Waals surface area contributed by atoms with Crippen molar-refractivity contribution in [3.63, 3.8) is 0 Å². The molecule has 0 radical (unpaired) electrons. The number of aromatic nitrogens is 15. The van der Waals surface area contributed by atoms with Crippen molar-refractivity contribution in [3.05, 3.63) is 314 Å². The molecule has 0 fully saturated rings. The molecule has 0 spiro atoms. The minimum Gasteiger partial charge on any atom is -0.545 e. The van der Waals surface area contributed by atoms with E-state index in [2.05, 4.69) is 150 Å². The number of nitrogens with zero attached hydrogens (tertiary/aromatic N) is 14. The molecule has 0 amide bonds. The van der Waals surface area contributed by atoms with Crippen LogP contribution in [-0.4, -0.2) is 143 Å². The first kappa shape index (κ1) is 146. The number of aromatic carboxylic acids is 6. The number of halogens is 3. The molecule has 14 rings (SSSR count). The summed E-state index contributed by atoms with van der Waals surface area (Å²) >= 11 is 16.0. The molecule has 5 aromatic heterocycles. The molecule has 2 unspecified atom stereocenters. The van der Waals surface area contributed by atoms with Crippen LogP contribution in [0.3, 0.4) is 0 Å². The second kappa shape index (κ2) is 82.6. The molecule has 2 atom stereocenters. The van der Waals surface area contributed by atoms with Gasteiger partial charge in [-0.2, -0.15) is 158 Å². The Hall–Kier alpha value is -8.52. The number of hydrogen-bond donors (Lipinski definition) is 12. The number of nitrogen functional groups attached to an aromatic ring is 1. The summed E-state index contributed by atoms with van der Waals surface area (Å²) in [7, 11) is 6.01. The van der Waals surface area contributed by atoms with Crippen LogP contribution in [-0.2, 0) is 34.9 Å². The third-order valence-corrected chi connectivity index (χ3v) is 15.8. The van der Waals surface area contributed by atoms with Gasteiger partial charge in [-0.3, -0.25) is 4.98 Å². The molecule has 0 aliphatic heterocycles. The van der Waals surface area contributed by atoms with Gasteiger partial charge in [-0.15, -0.1) is 45.6 Å². The van der Waals surface area contributed by atoms with Gasteiger partial charge in [-0.1, -0.05) is 102 Å². The van der Waals surface area contributed by atoms with E-state index in [1.807, 2.05) is 31.2 Å². The number of aromatic amines is 1. The number of nitrogens with two attached hydrogens (primary N) is 1. The number of carboxylic acids is 6. The molecule has 142 heavy (non-hydrogen) atoms. The summed E-state index contributed by atoms with van der Waals surface area (Å²) in [6, 6.07) is 66.5. The van der Waals surface area contributed by atoms with Crippen LogP contribution in [0, 0.1) is 32.0 Å². The number of carboxylic acid groups (broad SMARTS) is 6. The maximum atomic E-state index is 10.9. The predicted molar refractivity (Wildman–Crippen MR) is 478 cm³/mol. The van der Waals surface area contributed by atoms with Crippen molar-refractivity contribution >= 4 is 207 Å². The van der Waals surface area contributed by atoms with E-state index in [0.29, 0.717) is 57.9 Å². The number of rotatable bonds is 23. The molecule has 0 bridgehead atoms. The number of carbonyl (C=O) groups is 6. The molecular formula is C83H70Cl3N26Na9O19P2. The van der Waals surface area contributed by atoms with Crippen LogP contribution < -0.4 is 362 Å². The summed E-state index contributed by atoms with van der Waals surface area (Å²) < 4.78 is 0. The van der Waals surface area contributed by atoms with Crippen LogP contribution in [0.25, 0.3) is 0 Å². The molecule has 0 aliphatic carbocycles. The number of hydrogen-bond acceptors (Lipinski definition) is 44. The Bertz CT molecular complexity index is 5860. The second-order valence-electron chi connectivity index (χ2n) is 23.9. The molecule has 5 heterocycles. The van der Waals surface area contributed by atoms with Crippen LogP contribution in [0.2, 0.25) is 15.9 Å². The van der Waals surface area contributed by atoms with Crippen molar-refractivity contribution in [3.8, 4) is 0 Å². The molecular weight excluding hydrogens is 2040 g/mol. The molecule has 0 saturated carbocycles. The number of H-pyrrole nitrogens is 1. The van der Waals surface area contributed by atoms with Crippen LogP contribution in [0.15, 0.2) is 223 Å². The summed E-state index contributed by atoms with van der Waals surface area (Å²) in [5, 5.41) is 91.0. The molecule has 45 nitrogen and oxygen atoms in total. The monoisotopic (exact) mass is 2110 g/mol. The number of anilines is 17. The van der Waals surface area contributed by atoms with Gasteiger partial charge < -0.3 is 119 Å². The SMILES string of the molecule is CNc1nc(C)[nH]c(=O)n1.CNc1nc(C)nc(Nc2cc[c-]cc2)n1.Clc1nc(Cl)nc(Cl)n1.N.Nc1ccc(C(=O)[O-])cc1.O=C([O-])c1ccc(CP)cc1.O=C([O-])c1ccc(Nc2nc(Nc3cc[c-]cc3)nc(Nc3ccc(C(=O)[O-])cc3)n2)cc1.O=C([O-])c1ccc(Nc2nc(Nc3cc[c-]cc3)nc(Nc3ccc(C(=O)[O-])cc3)n2)cc1.O=C=O.O=C=O.O=C=O.P.[Na+].[Na+].[Na+].[Na+].[Na+].[Na+].[Na+].[Na+].[Na+]. The van der Waals surface area contributed by atoms with Crippen LogP contribution in [0.5, 0.6) is 0 Å². The fraction of sp³-hybridized carbons (Fsp3) is 0.0602. The molecule has 0 aliphatic rings. The van der Waals surface area contributed by atoms with E-state index in [4.69, 9.17) is 69.3 Å². The van der Waals surface area contributed by atoms with Crippen molar-refractivity contribution in [1.29, 1.82) is 0 Å². The summed E-state index contributed by atoms with van der Waals surface area (Å²) in [6.07, 6.45) is 1.59.